The molecule has 0 aliphatic heterocycles. The lowest BCUT2D eigenvalue weighted by Crippen LogP contribution is -2.20. The summed E-state index contributed by atoms with van der Waals surface area (Å²) in [6.45, 7) is 1.94. The van der Waals surface area contributed by atoms with Crippen LogP contribution >= 0.6 is 11.6 Å². The van der Waals surface area contributed by atoms with Crippen LogP contribution in [0.4, 0.5) is 0 Å². The number of aromatic nitrogens is 2. The molecule has 0 aliphatic rings. The Morgan fingerprint density at radius 2 is 1.88 bits per heavy atom. The van der Waals surface area contributed by atoms with Crippen LogP contribution < -0.4 is 5.43 Å². The van der Waals surface area contributed by atoms with Gasteiger partial charge in [0.1, 0.15) is 11.4 Å². The molecular formula is C19H17ClN4O2. The Labute approximate surface area is 155 Å². The lowest BCUT2D eigenvalue weighted by Gasteiger charge is -2.04. The third kappa shape index (κ3) is 4.10. The zero-order valence-corrected chi connectivity index (χ0v) is 14.8. The fraction of sp³-hybridized carbons (Fsp3) is 0.105. The number of hydrogen-bond acceptors (Lipinski definition) is 4. The first kappa shape index (κ1) is 17.7. The van der Waals surface area contributed by atoms with E-state index in [4.69, 9.17) is 11.6 Å². The first-order valence-corrected chi connectivity index (χ1v) is 8.42. The minimum Gasteiger partial charge on any atom is -0.508 e. The van der Waals surface area contributed by atoms with Gasteiger partial charge >= 0.3 is 0 Å². The molecule has 0 atom stereocenters. The summed E-state index contributed by atoms with van der Waals surface area (Å²) >= 11 is 5.88. The van der Waals surface area contributed by atoms with Crippen molar-refractivity contribution in [3.05, 3.63) is 70.9 Å². The van der Waals surface area contributed by atoms with E-state index in [0.717, 1.165) is 11.1 Å². The molecule has 26 heavy (non-hydrogen) atoms. The van der Waals surface area contributed by atoms with Crippen LogP contribution in [-0.2, 0) is 0 Å². The molecule has 0 aliphatic carbocycles. The predicted octanol–water partition coefficient (Wildman–Crippen LogP) is 3.98. The molecule has 1 aromatic heterocycles. The van der Waals surface area contributed by atoms with Gasteiger partial charge in [-0.05, 0) is 54.4 Å². The fourth-order valence-corrected chi connectivity index (χ4v) is 2.51. The molecule has 132 valence electrons. The molecule has 1 amide bonds. The summed E-state index contributed by atoms with van der Waals surface area (Å²) in [4.78, 5) is 12.3. The quantitative estimate of drug-likeness (QED) is 0.470. The number of amides is 1. The standard InChI is InChI=1S/C19H17ClN4O2/c1-2-16(12-5-9-15(25)10-6-12)21-24-19(26)18-11-17(22-23-18)13-3-7-14(20)8-4-13/h3-11,25H,2H2,1H3,(H,22,23)(H,24,26)/b21-16+. The smallest absolute Gasteiger partial charge is 0.289 e. The minimum absolute atomic E-state index is 0.181. The van der Waals surface area contributed by atoms with Crippen LogP contribution in [0, 0.1) is 0 Å². The molecule has 3 N–H and O–H groups in total. The number of hydrazone groups is 1. The van der Waals surface area contributed by atoms with Gasteiger partial charge in [-0.15, -0.1) is 0 Å². The number of nitrogens with zero attached hydrogens (tertiary/aromatic N) is 2. The number of nitrogens with one attached hydrogen (secondary N) is 2. The molecule has 6 nitrogen and oxygen atoms in total. The van der Waals surface area contributed by atoms with Gasteiger partial charge in [0, 0.05) is 10.6 Å². The molecule has 3 aromatic rings. The van der Waals surface area contributed by atoms with E-state index in [-0.39, 0.29) is 11.7 Å². The molecule has 7 heteroatoms. The van der Waals surface area contributed by atoms with Gasteiger partial charge in [0.25, 0.3) is 5.91 Å². The number of hydrogen-bond donors (Lipinski definition) is 3. The van der Waals surface area contributed by atoms with Crippen molar-refractivity contribution in [1.82, 2.24) is 15.6 Å². The Balaban J connectivity index is 1.73. The third-order valence-electron chi connectivity index (χ3n) is 3.79. The first-order valence-electron chi connectivity index (χ1n) is 8.04. The highest BCUT2D eigenvalue weighted by Crippen LogP contribution is 2.20. The van der Waals surface area contributed by atoms with E-state index in [0.29, 0.717) is 28.5 Å². The van der Waals surface area contributed by atoms with E-state index in [1.165, 1.54) is 0 Å². The van der Waals surface area contributed by atoms with E-state index in [2.05, 4.69) is 20.7 Å². The largest absolute Gasteiger partial charge is 0.508 e. The molecule has 1 heterocycles. The summed E-state index contributed by atoms with van der Waals surface area (Å²) in [5.74, 6) is -0.206. The highest BCUT2D eigenvalue weighted by atomic mass is 35.5. The Bertz CT molecular complexity index is 931. The highest BCUT2D eigenvalue weighted by molar-refractivity contribution is 6.30. The van der Waals surface area contributed by atoms with Gasteiger partial charge < -0.3 is 5.11 Å². The number of halogens is 1. The van der Waals surface area contributed by atoms with Crippen molar-refractivity contribution >= 4 is 23.2 Å². The van der Waals surface area contributed by atoms with E-state index in [9.17, 15) is 9.90 Å². The monoisotopic (exact) mass is 368 g/mol. The molecule has 0 unspecified atom stereocenters. The average Bonchev–Trinajstić information content (AvgIpc) is 3.14. The van der Waals surface area contributed by atoms with Crippen LogP contribution in [-0.4, -0.2) is 26.9 Å². The first-order chi connectivity index (χ1) is 12.6. The lowest BCUT2D eigenvalue weighted by molar-refractivity contribution is 0.0950. The number of benzene rings is 2. The van der Waals surface area contributed by atoms with Gasteiger partial charge in [0.05, 0.1) is 11.4 Å². The Morgan fingerprint density at radius 1 is 1.19 bits per heavy atom. The number of carbonyl (C=O) groups excluding carboxylic acids is 1. The molecule has 0 saturated heterocycles. The Hall–Kier alpha value is -3.12. The van der Waals surface area contributed by atoms with E-state index in [1.807, 2.05) is 19.1 Å². The summed E-state index contributed by atoms with van der Waals surface area (Å²) in [6.07, 6.45) is 0.629. The number of rotatable bonds is 5. The topological polar surface area (TPSA) is 90.4 Å². The van der Waals surface area contributed by atoms with Crippen molar-refractivity contribution < 1.29 is 9.90 Å². The van der Waals surface area contributed by atoms with E-state index < -0.39 is 0 Å². The summed E-state index contributed by atoms with van der Waals surface area (Å²) in [5, 5.41) is 21.0. The summed E-state index contributed by atoms with van der Waals surface area (Å²) in [5.41, 5.74) is 5.87. The lowest BCUT2D eigenvalue weighted by atomic mass is 10.1. The maximum Gasteiger partial charge on any atom is 0.289 e. The highest BCUT2D eigenvalue weighted by Gasteiger charge is 2.11. The van der Waals surface area contributed by atoms with Crippen LogP contribution in [0.15, 0.2) is 59.7 Å². The normalized spacial score (nSPS) is 11.4. The van der Waals surface area contributed by atoms with Gasteiger partial charge in [0.15, 0.2) is 0 Å². The SMILES string of the molecule is CC/C(=N\NC(=O)c1cc(-c2ccc(Cl)cc2)n[nH]1)c1ccc(O)cc1. The van der Waals surface area contributed by atoms with Crippen molar-refractivity contribution in [2.45, 2.75) is 13.3 Å². The van der Waals surface area contributed by atoms with Crippen LogP contribution in [0.3, 0.4) is 0 Å². The van der Waals surface area contributed by atoms with Gasteiger partial charge in [-0.2, -0.15) is 10.2 Å². The molecule has 3 rings (SSSR count). The predicted molar refractivity (Wildman–Crippen MR) is 101 cm³/mol. The number of H-pyrrole nitrogens is 1. The van der Waals surface area contributed by atoms with E-state index >= 15 is 0 Å². The second kappa shape index (κ2) is 7.84. The van der Waals surface area contributed by atoms with Crippen molar-refractivity contribution in [3.8, 4) is 17.0 Å². The number of aromatic amines is 1. The second-order valence-corrected chi connectivity index (χ2v) is 6.01. The zero-order valence-electron chi connectivity index (χ0n) is 14.0. The average molecular weight is 369 g/mol. The van der Waals surface area contributed by atoms with Gasteiger partial charge in [0.2, 0.25) is 0 Å². The van der Waals surface area contributed by atoms with Crippen molar-refractivity contribution in [2.24, 2.45) is 5.10 Å². The molecule has 0 spiro atoms. The van der Waals surface area contributed by atoms with Crippen molar-refractivity contribution in [1.29, 1.82) is 0 Å². The number of aromatic hydroxyl groups is 1. The summed E-state index contributed by atoms with van der Waals surface area (Å²) < 4.78 is 0. The number of carbonyl (C=O) groups is 1. The van der Waals surface area contributed by atoms with Crippen LogP contribution in [0.25, 0.3) is 11.3 Å². The maximum atomic E-state index is 12.3. The summed E-state index contributed by atoms with van der Waals surface area (Å²) in [7, 11) is 0. The molecule has 0 radical (unpaired) electrons. The second-order valence-electron chi connectivity index (χ2n) is 5.57. The van der Waals surface area contributed by atoms with Crippen molar-refractivity contribution in [2.75, 3.05) is 0 Å². The Morgan fingerprint density at radius 3 is 2.54 bits per heavy atom. The number of phenolic OH excluding ortho intramolecular Hbond substituents is 1. The van der Waals surface area contributed by atoms with Crippen molar-refractivity contribution in [3.63, 3.8) is 0 Å². The zero-order chi connectivity index (χ0) is 18.5. The van der Waals surface area contributed by atoms with E-state index in [1.54, 1.807) is 42.5 Å². The maximum absolute atomic E-state index is 12.3. The molecule has 0 saturated carbocycles. The van der Waals surface area contributed by atoms with Gasteiger partial charge in [-0.25, -0.2) is 5.43 Å². The molecule has 2 aromatic carbocycles. The minimum atomic E-state index is -0.387. The van der Waals surface area contributed by atoms with Crippen LogP contribution in [0.1, 0.15) is 29.4 Å². The molecular weight excluding hydrogens is 352 g/mol. The summed E-state index contributed by atoms with van der Waals surface area (Å²) in [6, 6.07) is 15.5. The van der Waals surface area contributed by atoms with Gasteiger partial charge in [-0.3, -0.25) is 9.89 Å². The fourth-order valence-electron chi connectivity index (χ4n) is 2.39. The van der Waals surface area contributed by atoms with Gasteiger partial charge in [-0.1, -0.05) is 30.7 Å². The Kier molecular flexibility index (Phi) is 5.34. The third-order valence-corrected chi connectivity index (χ3v) is 4.04. The molecule has 0 fully saturated rings. The van der Waals surface area contributed by atoms with Crippen LogP contribution in [0.2, 0.25) is 5.02 Å². The van der Waals surface area contributed by atoms with Crippen LogP contribution in [0.5, 0.6) is 5.75 Å². The molecule has 0 bridgehead atoms. The number of phenols is 1.